The summed E-state index contributed by atoms with van der Waals surface area (Å²) in [5, 5.41) is 7.06. The summed E-state index contributed by atoms with van der Waals surface area (Å²) in [4.78, 5) is 26.5. The van der Waals surface area contributed by atoms with Crippen LogP contribution in [0.25, 0.3) is 0 Å². The largest absolute Gasteiger partial charge is 0.466 e. The molecule has 6 heteroatoms. The topological polar surface area (TPSA) is 76.7 Å². The number of esters is 2. The molecule has 0 radical (unpaired) electrons. The number of anilines is 2. The highest BCUT2D eigenvalue weighted by molar-refractivity contribution is 5.96. The summed E-state index contributed by atoms with van der Waals surface area (Å²) in [6, 6.07) is 13.0. The zero-order chi connectivity index (χ0) is 33.4. The molecule has 2 N–H and O–H groups in total. The van der Waals surface area contributed by atoms with E-state index < -0.39 is 11.9 Å². The van der Waals surface area contributed by atoms with Crippen LogP contribution in [0.15, 0.2) is 58.9 Å². The molecule has 0 fully saturated rings. The van der Waals surface area contributed by atoms with E-state index in [1.807, 2.05) is 0 Å². The second-order valence-electron chi connectivity index (χ2n) is 16.1. The van der Waals surface area contributed by atoms with Crippen molar-refractivity contribution in [1.29, 1.82) is 0 Å². The number of carbonyl (C=O) groups excluding carboxylic acids is 2. The standard InChI is InChI=1S/C38H54N2O4/c1-35(2,3)23-15-24(36(4,5)6)18-27(17-23)39-31-21-30(34(42)44-14)32(22-29(31)33(41)43-13)40-28-19-25(37(7,8)9)16-26(20-28)38(10,11)12/h15-20,39-40H,21-22H2,1-14H3. The summed E-state index contributed by atoms with van der Waals surface area (Å²) in [5.74, 6) is -0.866. The van der Waals surface area contributed by atoms with Gasteiger partial charge in [-0.3, -0.25) is 0 Å². The first kappa shape index (κ1) is 34.9. The predicted molar refractivity (Wildman–Crippen MR) is 182 cm³/mol. The maximum Gasteiger partial charge on any atom is 0.335 e. The van der Waals surface area contributed by atoms with Crippen molar-refractivity contribution in [2.75, 3.05) is 24.9 Å². The maximum absolute atomic E-state index is 13.2. The minimum Gasteiger partial charge on any atom is -0.466 e. The second-order valence-corrected chi connectivity index (χ2v) is 16.1. The first-order valence-corrected chi connectivity index (χ1v) is 15.5. The second kappa shape index (κ2) is 12.5. The van der Waals surface area contributed by atoms with Crippen molar-refractivity contribution < 1.29 is 19.1 Å². The van der Waals surface area contributed by atoms with E-state index in [1.54, 1.807) is 0 Å². The molecule has 44 heavy (non-hydrogen) atoms. The summed E-state index contributed by atoms with van der Waals surface area (Å²) in [6.07, 6.45) is 0.379. The van der Waals surface area contributed by atoms with Gasteiger partial charge in [0.2, 0.25) is 0 Å². The fourth-order valence-electron chi connectivity index (χ4n) is 5.14. The highest BCUT2D eigenvalue weighted by Crippen LogP contribution is 2.38. The monoisotopic (exact) mass is 602 g/mol. The molecule has 1 aliphatic carbocycles. The van der Waals surface area contributed by atoms with E-state index in [-0.39, 0.29) is 34.5 Å². The van der Waals surface area contributed by atoms with Crippen LogP contribution in [0.1, 0.15) is 118 Å². The van der Waals surface area contributed by atoms with Crippen molar-refractivity contribution in [2.24, 2.45) is 0 Å². The Balaban J connectivity index is 2.15. The van der Waals surface area contributed by atoms with E-state index in [0.717, 1.165) is 11.4 Å². The fourth-order valence-corrected chi connectivity index (χ4v) is 5.14. The molecule has 1 aliphatic rings. The molecule has 0 aliphatic heterocycles. The van der Waals surface area contributed by atoms with Crippen molar-refractivity contribution >= 4 is 23.3 Å². The Bertz CT molecular complexity index is 1300. The van der Waals surface area contributed by atoms with E-state index >= 15 is 0 Å². The molecule has 0 aromatic heterocycles. The fraction of sp³-hybridized carbons (Fsp3) is 0.526. The first-order chi connectivity index (χ1) is 20.0. The summed E-state index contributed by atoms with van der Waals surface area (Å²) < 4.78 is 10.5. The molecule has 0 spiro atoms. The molecule has 0 bridgehead atoms. The van der Waals surface area contributed by atoms with Crippen molar-refractivity contribution in [3.05, 3.63) is 81.2 Å². The zero-order valence-electron chi connectivity index (χ0n) is 29.5. The highest BCUT2D eigenvalue weighted by atomic mass is 16.5. The molecule has 0 unspecified atom stereocenters. The third kappa shape index (κ3) is 8.34. The minimum atomic E-state index is -0.433. The Kier molecular flexibility index (Phi) is 9.89. The van der Waals surface area contributed by atoms with Gasteiger partial charge in [0.05, 0.1) is 25.4 Å². The lowest BCUT2D eigenvalue weighted by Gasteiger charge is -2.29. The lowest BCUT2D eigenvalue weighted by molar-refractivity contribution is -0.137. The van der Waals surface area contributed by atoms with Crippen LogP contribution < -0.4 is 10.6 Å². The summed E-state index contributed by atoms with van der Waals surface area (Å²) in [7, 11) is 2.78. The molecular weight excluding hydrogens is 548 g/mol. The van der Waals surface area contributed by atoms with Crippen molar-refractivity contribution in [3.63, 3.8) is 0 Å². The van der Waals surface area contributed by atoms with Gasteiger partial charge in [-0.1, -0.05) is 95.2 Å². The van der Waals surface area contributed by atoms with Crippen LogP contribution in [0, 0.1) is 0 Å². The zero-order valence-corrected chi connectivity index (χ0v) is 29.5. The average molecular weight is 603 g/mol. The van der Waals surface area contributed by atoms with Crippen LogP contribution in [0.2, 0.25) is 0 Å². The van der Waals surface area contributed by atoms with Crippen LogP contribution in [-0.4, -0.2) is 26.2 Å². The quantitative estimate of drug-likeness (QED) is 0.321. The lowest BCUT2D eigenvalue weighted by Crippen LogP contribution is -2.25. The molecule has 2 aromatic rings. The number of benzene rings is 2. The average Bonchev–Trinajstić information content (AvgIpc) is 2.90. The van der Waals surface area contributed by atoms with E-state index in [9.17, 15) is 9.59 Å². The van der Waals surface area contributed by atoms with Crippen LogP contribution in [0.4, 0.5) is 11.4 Å². The predicted octanol–water partition coefficient (Wildman–Crippen LogP) is 9.05. The molecule has 0 saturated heterocycles. The van der Waals surface area contributed by atoms with Crippen LogP contribution in [0.5, 0.6) is 0 Å². The first-order valence-electron chi connectivity index (χ1n) is 15.5. The Hall–Kier alpha value is -3.54. The molecule has 2 aromatic carbocycles. The van der Waals surface area contributed by atoms with Crippen LogP contribution >= 0.6 is 0 Å². The smallest absolute Gasteiger partial charge is 0.335 e. The van der Waals surface area contributed by atoms with Crippen LogP contribution in [-0.2, 0) is 40.7 Å². The molecular formula is C38H54N2O4. The van der Waals surface area contributed by atoms with Gasteiger partial charge >= 0.3 is 11.9 Å². The van der Waals surface area contributed by atoms with E-state index in [2.05, 4.69) is 130 Å². The number of carbonyl (C=O) groups is 2. The molecule has 0 atom stereocenters. The third-order valence-electron chi connectivity index (χ3n) is 8.22. The summed E-state index contributed by atoms with van der Waals surface area (Å²) in [6.45, 7) is 26.3. The van der Waals surface area contributed by atoms with E-state index in [0.29, 0.717) is 22.5 Å². The number of rotatable bonds is 6. The van der Waals surface area contributed by atoms with Gasteiger partial charge in [-0.2, -0.15) is 0 Å². The van der Waals surface area contributed by atoms with Gasteiger partial charge in [-0.25, -0.2) is 9.59 Å². The number of allylic oxidation sites excluding steroid dienone is 2. The van der Waals surface area contributed by atoms with E-state index in [4.69, 9.17) is 9.47 Å². The molecule has 6 nitrogen and oxygen atoms in total. The maximum atomic E-state index is 13.2. The van der Waals surface area contributed by atoms with Gasteiger partial charge in [0.25, 0.3) is 0 Å². The summed E-state index contributed by atoms with van der Waals surface area (Å²) >= 11 is 0. The van der Waals surface area contributed by atoms with Gasteiger partial charge in [-0.15, -0.1) is 0 Å². The molecule has 0 saturated carbocycles. The van der Waals surface area contributed by atoms with E-state index in [1.165, 1.54) is 36.5 Å². The Morgan fingerprint density at radius 2 is 0.750 bits per heavy atom. The molecule has 0 heterocycles. The van der Waals surface area contributed by atoms with Crippen molar-refractivity contribution in [2.45, 2.75) is 118 Å². The SMILES string of the molecule is COC(=O)C1=C(Nc2cc(C(C)(C)C)cc(C(C)(C)C)c2)CC(C(=O)OC)=C(Nc2cc(C(C)(C)C)cc(C(C)(C)C)c2)C1. The highest BCUT2D eigenvalue weighted by Gasteiger charge is 2.31. The minimum absolute atomic E-state index is 0.0779. The Morgan fingerprint density at radius 3 is 0.955 bits per heavy atom. The van der Waals surface area contributed by atoms with Gasteiger partial charge in [0.1, 0.15) is 0 Å². The Morgan fingerprint density at radius 1 is 0.500 bits per heavy atom. The van der Waals surface area contributed by atoms with Crippen molar-refractivity contribution in [1.82, 2.24) is 0 Å². The summed E-state index contributed by atoms with van der Waals surface area (Å²) in [5.41, 5.74) is 8.37. The molecule has 240 valence electrons. The van der Waals surface area contributed by atoms with Crippen LogP contribution in [0.3, 0.4) is 0 Å². The van der Waals surface area contributed by atoms with Crippen molar-refractivity contribution in [3.8, 4) is 0 Å². The Labute approximate surface area is 265 Å². The number of ether oxygens (including phenoxy) is 2. The lowest BCUT2D eigenvalue weighted by atomic mass is 9.80. The number of hydrogen-bond acceptors (Lipinski definition) is 6. The van der Waals surface area contributed by atoms with Gasteiger partial charge < -0.3 is 20.1 Å². The third-order valence-corrected chi connectivity index (χ3v) is 8.22. The molecule has 3 rings (SSSR count). The van der Waals surface area contributed by atoms with Gasteiger partial charge in [0.15, 0.2) is 0 Å². The molecule has 0 amide bonds. The number of nitrogens with one attached hydrogen (secondary N) is 2. The number of methoxy groups -OCH3 is 2. The van der Waals surface area contributed by atoms with Gasteiger partial charge in [0, 0.05) is 35.6 Å². The van der Waals surface area contributed by atoms with Gasteiger partial charge in [-0.05, 0) is 68.2 Å². The number of hydrogen-bond donors (Lipinski definition) is 2. The normalized spacial score (nSPS) is 14.9.